The van der Waals surface area contributed by atoms with Crippen LogP contribution >= 0.6 is 27.7 Å². The van der Waals surface area contributed by atoms with Gasteiger partial charge < -0.3 is 10.2 Å². The van der Waals surface area contributed by atoms with Crippen molar-refractivity contribution in [3.8, 4) is 0 Å². The van der Waals surface area contributed by atoms with Crippen molar-refractivity contribution in [1.29, 1.82) is 0 Å². The summed E-state index contributed by atoms with van der Waals surface area (Å²) in [6.45, 7) is 5.49. The first-order valence-corrected chi connectivity index (χ1v) is 7.56. The Morgan fingerprint density at radius 3 is 2.82 bits per heavy atom. The van der Waals surface area contributed by atoms with E-state index in [-0.39, 0.29) is 0 Å². The Morgan fingerprint density at radius 2 is 2.18 bits per heavy atom. The first kappa shape index (κ1) is 13.2. The third-order valence-corrected chi connectivity index (χ3v) is 5.39. The minimum Gasteiger partial charge on any atom is -0.369 e. The second-order valence-electron chi connectivity index (χ2n) is 4.66. The Hall–Kier alpha value is -0.190. The van der Waals surface area contributed by atoms with Gasteiger partial charge in [0, 0.05) is 34.3 Å². The Balaban J connectivity index is 2.41. The number of nitrogens with one attached hydrogen (secondary N) is 1. The fourth-order valence-electron chi connectivity index (χ4n) is 2.26. The number of hydrogen-bond donors (Lipinski definition) is 1. The Kier molecular flexibility index (Phi) is 4.06. The maximum atomic E-state index is 3.69. The van der Waals surface area contributed by atoms with E-state index in [1.165, 1.54) is 20.6 Å². The third kappa shape index (κ3) is 2.49. The van der Waals surface area contributed by atoms with E-state index in [1.807, 2.05) is 18.8 Å². The van der Waals surface area contributed by atoms with Crippen LogP contribution in [0.4, 0.5) is 5.69 Å². The second kappa shape index (κ2) is 5.21. The monoisotopic (exact) mass is 314 g/mol. The molecular formula is C13H19BrN2S. The molecule has 1 aliphatic rings. The van der Waals surface area contributed by atoms with E-state index in [1.54, 1.807) is 0 Å². The van der Waals surface area contributed by atoms with Gasteiger partial charge in [-0.3, -0.25) is 0 Å². The maximum absolute atomic E-state index is 3.69. The normalized spacial score (nSPS) is 23.7. The van der Waals surface area contributed by atoms with Crippen LogP contribution in [-0.2, 0) is 0 Å². The zero-order valence-electron chi connectivity index (χ0n) is 10.7. The average Bonchev–Trinajstić information content (AvgIpc) is 2.24. The SMILES string of the molecule is CNCC1Sc2cc(C)cc(Br)c2N(C)C1C. The summed E-state index contributed by atoms with van der Waals surface area (Å²) in [5.41, 5.74) is 2.65. The molecule has 0 aliphatic carbocycles. The van der Waals surface area contributed by atoms with Gasteiger partial charge in [-0.25, -0.2) is 0 Å². The number of benzene rings is 1. The van der Waals surface area contributed by atoms with Crippen molar-refractivity contribution in [2.24, 2.45) is 0 Å². The fourth-order valence-corrected chi connectivity index (χ4v) is 4.82. The Bertz CT molecular complexity index is 422. The smallest absolute Gasteiger partial charge is 0.0649 e. The number of thioether (sulfide) groups is 1. The highest BCUT2D eigenvalue weighted by molar-refractivity contribution is 9.10. The summed E-state index contributed by atoms with van der Waals surface area (Å²) in [5, 5.41) is 3.89. The lowest BCUT2D eigenvalue weighted by atomic mass is 10.1. The van der Waals surface area contributed by atoms with Crippen LogP contribution in [0, 0.1) is 6.92 Å². The van der Waals surface area contributed by atoms with E-state index < -0.39 is 0 Å². The van der Waals surface area contributed by atoms with Gasteiger partial charge in [-0.1, -0.05) is 0 Å². The molecule has 1 aliphatic heterocycles. The molecule has 4 heteroatoms. The molecule has 0 bridgehead atoms. The molecule has 0 saturated carbocycles. The molecule has 2 unspecified atom stereocenters. The first-order chi connectivity index (χ1) is 8.04. The van der Waals surface area contributed by atoms with Crippen LogP contribution in [0.25, 0.3) is 0 Å². The van der Waals surface area contributed by atoms with Crippen LogP contribution in [-0.4, -0.2) is 31.9 Å². The minimum absolute atomic E-state index is 0.541. The van der Waals surface area contributed by atoms with Crippen molar-refractivity contribution < 1.29 is 0 Å². The molecule has 2 rings (SSSR count). The van der Waals surface area contributed by atoms with Crippen LogP contribution in [0.1, 0.15) is 12.5 Å². The van der Waals surface area contributed by atoms with Crippen molar-refractivity contribution in [3.05, 3.63) is 22.2 Å². The molecule has 1 aromatic carbocycles. The average molecular weight is 315 g/mol. The van der Waals surface area contributed by atoms with Crippen LogP contribution in [0.2, 0.25) is 0 Å². The van der Waals surface area contributed by atoms with Crippen molar-refractivity contribution in [2.45, 2.75) is 30.0 Å². The highest BCUT2D eigenvalue weighted by Gasteiger charge is 2.30. The summed E-state index contributed by atoms with van der Waals surface area (Å²) < 4.78 is 1.21. The second-order valence-corrected chi connectivity index (χ2v) is 6.79. The quantitative estimate of drug-likeness (QED) is 0.902. The lowest BCUT2D eigenvalue weighted by molar-refractivity contribution is 0.602. The lowest BCUT2D eigenvalue weighted by Gasteiger charge is -2.40. The molecule has 1 aromatic rings. The van der Waals surface area contributed by atoms with E-state index in [0.717, 1.165) is 6.54 Å². The predicted molar refractivity (Wildman–Crippen MR) is 80.3 cm³/mol. The van der Waals surface area contributed by atoms with Gasteiger partial charge in [0.05, 0.1) is 5.69 Å². The zero-order valence-corrected chi connectivity index (χ0v) is 13.2. The third-order valence-electron chi connectivity index (χ3n) is 3.36. The predicted octanol–water partition coefficient (Wildman–Crippen LogP) is 3.28. The number of rotatable bonds is 2. The van der Waals surface area contributed by atoms with E-state index in [9.17, 15) is 0 Å². The van der Waals surface area contributed by atoms with Crippen LogP contribution in [0.5, 0.6) is 0 Å². The first-order valence-electron chi connectivity index (χ1n) is 5.89. The van der Waals surface area contributed by atoms with Gasteiger partial charge in [-0.15, -0.1) is 11.8 Å². The van der Waals surface area contributed by atoms with Crippen LogP contribution in [0.15, 0.2) is 21.5 Å². The molecule has 0 spiro atoms. The van der Waals surface area contributed by atoms with Crippen molar-refractivity contribution in [2.75, 3.05) is 25.5 Å². The van der Waals surface area contributed by atoms with Crippen molar-refractivity contribution in [1.82, 2.24) is 5.32 Å². The summed E-state index contributed by atoms with van der Waals surface area (Å²) in [7, 11) is 4.21. The number of fused-ring (bicyclic) bond motifs is 1. The zero-order chi connectivity index (χ0) is 12.6. The summed E-state index contributed by atoms with van der Waals surface area (Å²) >= 11 is 5.68. The van der Waals surface area contributed by atoms with Gasteiger partial charge in [0.15, 0.2) is 0 Å². The molecule has 17 heavy (non-hydrogen) atoms. The molecule has 2 atom stereocenters. The van der Waals surface area contributed by atoms with E-state index in [0.29, 0.717) is 11.3 Å². The fraction of sp³-hybridized carbons (Fsp3) is 0.538. The topological polar surface area (TPSA) is 15.3 Å². The number of hydrogen-bond acceptors (Lipinski definition) is 3. The van der Waals surface area contributed by atoms with E-state index in [4.69, 9.17) is 0 Å². The molecule has 94 valence electrons. The largest absolute Gasteiger partial charge is 0.369 e. The van der Waals surface area contributed by atoms with Gasteiger partial charge >= 0.3 is 0 Å². The van der Waals surface area contributed by atoms with E-state index >= 15 is 0 Å². The van der Waals surface area contributed by atoms with Gasteiger partial charge in [-0.05, 0) is 54.5 Å². The molecule has 0 amide bonds. The Morgan fingerprint density at radius 1 is 1.47 bits per heavy atom. The molecule has 0 fully saturated rings. The van der Waals surface area contributed by atoms with Gasteiger partial charge in [0.1, 0.15) is 0 Å². The molecular weight excluding hydrogens is 296 g/mol. The molecule has 0 aromatic heterocycles. The van der Waals surface area contributed by atoms with Gasteiger partial charge in [0.2, 0.25) is 0 Å². The highest BCUT2D eigenvalue weighted by Crippen LogP contribution is 2.45. The lowest BCUT2D eigenvalue weighted by Crippen LogP contribution is -2.44. The summed E-state index contributed by atoms with van der Waals surface area (Å²) in [6.07, 6.45) is 0. The molecule has 0 saturated heterocycles. The maximum Gasteiger partial charge on any atom is 0.0649 e. The minimum atomic E-state index is 0.541. The van der Waals surface area contributed by atoms with Crippen molar-refractivity contribution >= 4 is 33.4 Å². The number of halogens is 1. The molecule has 1 N–H and O–H groups in total. The summed E-state index contributed by atoms with van der Waals surface area (Å²) in [5.74, 6) is 0. The van der Waals surface area contributed by atoms with Crippen LogP contribution in [0.3, 0.4) is 0 Å². The number of nitrogens with zero attached hydrogens (tertiary/aromatic N) is 1. The number of aryl methyl sites for hydroxylation is 1. The highest BCUT2D eigenvalue weighted by atomic mass is 79.9. The van der Waals surface area contributed by atoms with Gasteiger partial charge in [0.25, 0.3) is 0 Å². The summed E-state index contributed by atoms with van der Waals surface area (Å²) in [6, 6.07) is 5.02. The molecule has 2 nitrogen and oxygen atoms in total. The molecule has 0 radical (unpaired) electrons. The molecule has 1 heterocycles. The van der Waals surface area contributed by atoms with Crippen molar-refractivity contribution in [3.63, 3.8) is 0 Å². The number of anilines is 1. The van der Waals surface area contributed by atoms with E-state index in [2.05, 4.69) is 59.2 Å². The van der Waals surface area contributed by atoms with Crippen LogP contribution < -0.4 is 10.2 Å². The van der Waals surface area contributed by atoms with Gasteiger partial charge in [-0.2, -0.15) is 0 Å². The standard InChI is InChI=1S/C13H19BrN2S/c1-8-5-10(14)13-11(6-8)17-12(7-15-3)9(2)16(13)4/h5-6,9,12,15H,7H2,1-4H3. The summed E-state index contributed by atoms with van der Waals surface area (Å²) in [4.78, 5) is 3.77. The Labute approximate surface area is 116 Å².